The number of carbonyl (C=O) groups is 3. The summed E-state index contributed by atoms with van der Waals surface area (Å²) in [6.07, 6.45) is 0.579. The van der Waals surface area contributed by atoms with Gasteiger partial charge in [-0.3, -0.25) is 14.4 Å². The van der Waals surface area contributed by atoms with Gasteiger partial charge in [0.1, 0.15) is 0 Å². The number of nitrogens with zero attached hydrogens (tertiary/aromatic N) is 1. The number of carboxylic acids is 2. The number of hydrogen-bond acceptors (Lipinski definition) is 6. The first kappa shape index (κ1) is 18.9. The van der Waals surface area contributed by atoms with E-state index in [0.29, 0.717) is 4.34 Å². The summed E-state index contributed by atoms with van der Waals surface area (Å²) in [5.74, 6) is -3.93. The zero-order chi connectivity index (χ0) is 18.4. The highest BCUT2D eigenvalue weighted by Gasteiger charge is 2.48. The van der Waals surface area contributed by atoms with Gasteiger partial charge < -0.3 is 15.5 Å². The van der Waals surface area contributed by atoms with E-state index in [-0.39, 0.29) is 12.3 Å². The lowest BCUT2D eigenvalue weighted by atomic mass is 9.85. The van der Waals surface area contributed by atoms with E-state index in [4.69, 9.17) is 5.11 Å². The minimum absolute atomic E-state index is 0.0548. The van der Waals surface area contributed by atoms with Crippen LogP contribution in [0.15, 0.2) is 41.3 Å². The summed E-state index contributed by atoms with van der Waals surface area (Å²) < 4.78 is 1.51. The van der Waals surface area contributed by atoms with Crippen LogP contribution in [0.4, 0.5) is 0 Å². The highest BCUT2D eigenvalue weighted by atomic mass is 32.2. The number of para-hydroxylation sites is 1. The third-order valence-electron chi connectivity index (χ3n) is 3.42. The molecule has 1 aromatic carbocycles. The Morgan fingerprint density at radius 2 is 2.04 bits per heavy atom. The molecular formula is C16H16N2O5S2. The van der Waals surface area contributed by atoms with E-state index in [1.54, 1.807) is 0 Å². The van der Waals surface area contributed by atoms with E-state index in [1.165, 1.54) is 17.4 Å². The van der Waals surface area contributed by atoms with Crippen LogP contribution in [0.5, 0.6) is 0 Å². The quantitative estimate of drug-likeness (QED) is 0.347. The van der Waals surface area contributed by atoms with E-state index in [2.05, 4.69) is 16.9 Å². The predicted molar refractivity (Wildman–Crippen MR) is 95.9 cm³/mol. The van der Waals surface area contributed by atoms with Crippen molar-refractivity contribution >= 4 is 51.2 Å². The summed E-state index contributed by atoms with van der Waals surface area (Å²) in [6, 6.07) is 7.42. The van der Waals surface area contributed by atoms with Crippen molar-refractivity contribution in [1.82, 2.24) is 10.3 Å². The SMILES string of the molecule is C=CCNC(=O)C(CSc1nc2ccccc2s1)(CC(=O)O)C(=O)O. The number of rotatable bonds is 9. The van der Waals surface area contributed by atoms with E-state index in [0.717, 1.165) is 22.0 Å². The summed E-state index contributed by atoms with van der Waals surface area (Å²) in [5, 5.41) is 21.1. The molecule has 0 saturated heterocycles. The average molecular weight is 380 g/mol. The highest BCUT2D eigenvalue weighted by molar-refractivity contribution is 8.01. The number of carbonyl (C=O) groups excluding carboxylic acids is 1. The smallest absolute Gasteiger partial charge is 0.320 e. The lowest BCUT2D eigenvalue weighted by Crippen LogP contribution is -2.49. The van der Waals surface area contributed by atoms with E-state index < -0.39 is 29.7 Å². The molecule has 7 nitrogen and oxygen atoms in total. The van der Waals surface area contributed by atoms with E-state index in [1.807, 2.05) is 24.3 Å². The molecule has 25 heavy (non-hydrogen) atoms. The molecule has 1 aromatic heterocycles. The van der Waals surface area contributed by atoms with Gasteiger partial charge in [-0.1, -0.05) is 30.0 Å². The molecule has 132 valence electrons. The molecule has 0 aliphatic rings. The Bertz CT molecular complexity index is 787. The molecule has 1 heterocycles. The number of carboxylic acid groups (broad SMARTS) is 2. The summed E-state index contributed by atoms with van der Waals surface area (Å²) in [4.78, 5) is 39.7. The zero-order valence-corrected chi connectivity index (χ0v) is 14.7. The Morgan fingerprint density at radius 3 is 2.64 bits per heavy atom. The van der Waals surface area contributed by atoms with Gasteiger partial charge in [0.05, 0.1) is 16.6 Å². The summed E-state index contributed by atoms with van der Waals surface area (Å²) in [5.41, 5.74) is -1.32. The molecule has 0 spiro atoms. The number of aliphatic carboxylic acids is 2. The molecule has 3 N–H and O–H groups in total. The van der Waals surface area contributed by atoms with Gasteiger partial charge >= 0.3 is 11.9 Å². The van der Waals surface area contributed by atoms with Crippen molar-refractivity contribution in [1.29, 1.82) is 0 Å². The summed E-state index contributed by atoms with van der Waals surface area (Å²) >= 11 is 2.42. The fourth-order valence-corrected chi connectivity index (χ4v) is 4.39. The van der Waals surface area contributed by atoms with Crippen LogP contribution in [0.2, 0.25) is 0 Å². The standard InChI is InChI=1S/C16H16N2O5S2/c1-2-7-17-13(21)16(14(22)23,8-12(19)20)9-24-15-18-10-5-3-4-6-11(10)25-15/h2-6H,1,7-9H2,(H,17,21)(H,19,20)(H,22,23). The molecule has 1 amide bonds. The number of hydrogen-bond donors (Lipinski definition) is 3. The maximum absolute atomic E-state index is 12.4. The largest absolute Gasteiger partial charge is 0.481 e. The van der Waals surface area contributed by atoms with Crippen LogP contribution < -0.4 is 5.32 Å². The van der Waals surface area contributed by atoms with Gasteiger partial charge in [0.15, 0.2) is 9.75 Å². The van der Waals surface area contributed by atoms with Gasteiger partial charge in [-0.05, 0) is 12.1 Å². The molecule has 1 unspecified atom stereocenters. The van der Waals surface area contributed by atoms with Crippen molar-refractivity contribution < 1.29 is 24.6 Å². The summed E-state index contributed by atoms with van der Waals surface area (Å²) in [7, 11) is 0. The van der Waals surface area contributed by atoms with Crippen LogP contribution in [0.25, 0.3) is 10.2 Å². The predicted octanol–water partition coefficient (Wildman–Crippen LogP) is 2.24. The third kappa shape index (κ3) is 4.37. The topological polar surface area (TPSA) is 117 Å². The fourth-order valence-electron chi connectivity index (χ4n) is 2.12. The maximum Gasteiger partial charge on any atom is 0.320 e. The Hall–Kier alpha value is -2.39. The van der Waals surface area contributed by atoms with Crippen LogP contribution in [-0.4, -0.2) is 45.3 Å². The second kappa shape index (κ2) is 8.13. The van der Waals surface area contributed by atoms with Crippen molar-refractivity contribution in [3.63, 3.8) is 0 Å². The van der Waals surface area contributed by atoms with Gasteiger partial charge in [0.2, 0.25) is 5.91 Å². The first-order chi connectivity index (χ1) is 11.9. The minimum atomic E-state index is -2.09. The van der Waals surface area contributed by atoms with Crippen molar-refractivity contribution in [3.8, 4) is 0 Å². The molecule has 0 aliphatic heterocycles. The molecule has 0 aliphatic carbocycles. The molecular weight excluding hydrogens is 364 g/mol. The molecule has 0 saturated carbocycles. The number of thioether (sulfide) groups is 1. The number of aromatic nitrogens is 1. The van der Waals surface area contributed by atoms with Gasteiger partial charge in [0.25, 0.3) is 0 Å². The van der Waals surface area contributed by atoms with Crippen LogP contribution in [0.3, 0.4) is 0 Å². The monoisotopic (exact) mass is 380 g/mol. The minimum Gasteiger partial charge on any atom is -0.481 e. The molecule has 0 fully saturated rings. The van der Waals surface area contributed by atoms with Crippen LogP contribution >= 0.6 is 23.1 Å². The fraction of sp³-hybridized carbons (Fsp3) is 0.250. The lowest BCUT2D eigenvalue weighted by molar-refractivity contribution is -0.160. The molecule has 2 aromatic rings. The van der Waals surface area contributed by atoms with Crippen molar-refractivity contribution in [2.75, 3.05) is 12.3 Å². The summed E-state index contributed by atoms with van der Waals surface area (Å²) in [6.45, 7) is 3.50. The van der Waals surface area contributed by atoms with Crippen molar-refractivity contribution in [2.24, 2.45) is 5.41 Å². The highest BCUT2D eigenvalue weighted by Crippen LogP contribution is 2.36. The second-order valence-corrected chi connectivity index (χ2v) is 7.45. The molecule has 2 rings (SSSR count). The van der Waals surface area contributed by atoms with Gasteiger partial charge in [0, 0.05) is 12.3 Å². The van der Waals surface area contributed by atoms with Gasteiger partial charge in [-0.15, -0.1) is 17.9 Å². The third-order valence-corrected chi connectivity index (χ3v) is 5.83. The lowest BCUT2D eigenvalue weighted by Gasteiger charge is -2.25. The number of amides is 1. The Kier molecular flexibility index (Phi) is 6.16. The number of thiazole rings is 1. The molecule has 0 bridgehead atoms. The number of nitrogens with one attached hydrogen (secondary N) is 1. The van der Waals surface area contributed by atoms with Crippen LogP contribution in [0.1, 0.15) is 6.42 Å². The molecule has 0 radical (unpaired) electrons. The van der Waals surface area contributed by atoms with E-state index in [9.17, 15) is 19.5 Å². The van der Waals surface area contributed by atoms with Crippen molar-refractivity contribution in [2.45, 2.75) is 10.8 Å². The Labute approximate surface area is 151 Å². The zero-order valence-electron chi connectivity index (χ0n) is 13.1. The van der Waals surface area contributed by atoms with Crippen LogP contribution in [0, 0.1) is 5.41 Å². The number of benzene rings is 1. The van der Waals surface area contributed by atoms with Gasteiger partial charge in [-0.2, -0.15) is 0 Å². The second-order valence-electron chi connectivity index (χ2n) is 5.19. The average Bonchev–Trinajstić information content (AvgIpc) is 2.98. The Morgan fingerprint density at radius 1 is 1.32 bits per heavy atom. The van der Waals surface area contributed by atoms with Crippen LogP contribution in [-0.2, 0) is 14.4 Å². The van der Waals surface area contributed by atoms with Gasteiger partial charge in [-0.25, -0.2) is 4.98 Å². The Balaban J connectivity index is 2.27. The first-order valence-corrected chi connectivity index (χ1v) is 9.02. The maximum atomic E-state index is 12.4. The number of fused-ring (bicyclic) bond motifs is 1. The molecule has 9 heteroatoms. The van der Waals surface area contributed by atoms with Crippen molar-refractivity contribution in [3.05, 3.63) is 36.9 Å². The first-order valence-electron chi connectivity index (χ1n) is 7.22. The normalized spacial score (nSPS) is 13.1. The van der Waals surface area contributed by atoms with E-state index >= 15 is 0 Å². The molecule has 1 atom stereocenters.